The highest BCUT2D eigenvalue weighted by atomic mass is 19.1. The fourth-order valence-corrected chi connectivity index (χ4v) is 6.67. The van der Waals surface area contributed by atoms with Gasteiger partial charge in [-0.2, -0.15) is 5.10 Å². The molecule has 2 N–H and O–H groups in total. The van der Waals surface area contributed by atoms with Gasteiger partial charge in [-0.15, -0.1) is 5.10 Å². The number of benzene rings is 3. The van der Waals surface area contributed by atoms with Gasteiger partial charge in [0.15, 0.2) is 23.2 Å². The maximum atomic E-state index is 15.8. The Balaban J connectivity index is 1.37. The number of fused-ring (bicyclic) bond motifs is 10. The fourth-order valence-electron chi connectivity index (χ4n) is 6.67. The number of aryl methyl sites for hydroxylation is 1. The van der Waals surface area contributed by atoms with Gasteiger partial charge < -0.3 is 19.6 Å². The molecule has 7 rings (SSSR count). The molecule has 1 aliphatic rings. The van der Waals surface area contributed by atoms with Crippen molar-refractivity contribution in [3.8, 4) is 28.8 Å². The highest BCUT2D eigenvalue weighted by Gasteiger charge is 2.37. The van der Waals surface area contributed by atoms with E-state index in [1.807, 2.05) is 30.3 Å². The molecule has 3 aromatic carbocycles. The number of carbonyl (C=O) groups is 1. The fraction of sp³-hybridized carbons (Fsp3) is 0.333. The molecule has 3 aromatic heterocycles. The van der Waals surface area contributed by atoms with E-state index in [0.29, 0.717) is 48.7 Å². The lowest BCUT2D eigenvalue weighted by Crippen LogP contribution is -2.30. The number of aromatic nitrogens is 6. The topological polar surface area (TPSA) is 120 Å². The zero-order valence-electron chi connectivity index (χ0n) is 29.2. The van der Waals surface area contributed by atoms with Crippen molar-refractivity contribution in [2.45, 2.75) is 58.9 Å². The van der Waals surface area contributed by atoms with E-state index in [9.17, 15) is 9.90 Å². The van der Waals surface area contributed by atoms with Gasteiger partial charge in [-0.25, -0.2) is 18.4 Å². The molecule has 0 saturated heterocycles. The van der Waals surface area contributed by atoms with Gasteiger partial charge in [-0.3, -0.25) is 9.48 Å². The van der Waals surface area contributed by atoms with Crippen LogP contribution in [-0.4, -0.2) is 47.2 Å². The van der Waals surface area contributed by atoms with Crippen LogP contribution in [0.2, 0.25) is 0 Å². The molecule has 12 heteroatoms. The maximum Gasteiger partial charge on any atom is 0.306 e. The number of nitrogens with zero attached hydrogens (tertiary/aromatic N) is 5. The number of nitrogens with one attached hydrogen (secondary N) is 1. The van der Waals surface area contributed by atoms with E-state index >= 15 is 8.78 Å². The first-order chi connectivity index (χ1) is 24.3. The molecule has 10 nitrogen and oxygen atoms in total. The van der Waals surface area contributed by atoms with Crippen molar-refractivity contribution in [2.24, 2.45) is 18.4 Å². The summed E-state index contributed by atoms with van der Waals surface area (Å²) in [5.74, 6) is -1.13. The molecule has 0 fully saturated rings. The average Bonchev–Trinajstić information content (AvgIpc) is 3.85. The Hall–Kier alpha value is -5.52. The van der Waals surface area contributed by atoms with E-state index in [1.54, 1.807) is 41.8 Å². The molecule has 6 bridgehead atoms. The van der Waals surface area contributed by atoms with Gasteiger partial charge in [0.2, 0.25) is 5.88 Å². The first kappa shape index (κ1) is 34.0. The van der Waals surface area contributed by atoms with Crippen LogP contribution in [0.4, 0.5) is 8.78 Å². The molecule has 0 amide bonds. The lowest BCUT2D eigenvalue weighted by molar-refractivity contribution is -0.141. The first-order valence-corrected chi connectivity index (χ1v) is 17.0. The Labute approximate surface area is 294 Å². The summed E-state index contributed by atoms with van der Waals surface area (Å²) < 4.78 is 47.2. The predicted octanol–water partition coefficient (Wildman–Crippen LogP) is 8.05. The molecule has 0 spiro atoms. The maximum absolute atomic E-state index is 15.8. The van der Waals surface area contributed by atoms with Crippen LogP contribution >= 0.6 is 0 Å². The van der Waals surface area contributed by atoms with Crippen LogP contribution in [0.3, 0.4) is 0 Å². The van der Waals surface area contributed by atoms with Crippen molar-refractivity contribution >= 4 is 16.9 Å². The Kier molecular flexibility index (Phi) is 8.64. The zero-order valence-corrected chi connectivity index (χ0v) is 29.2. The van der Waals surface area contributed by atoms with E-state index < -0.39 is 28.9 Å². The third kappa shape index (κ3) is 6.70. The van der Waals surface area contributed by atoms with Gasteiger partial charge in [-0.05, 0) is 67.0 Å². The van der Waals surface area contributed by atoms with Crippen molar-refractivity contribution in [1.82, 2.24) is 29.5 Å². The second-order valence-electron chi connectivity index (χ2n) is 14.5. The number of halogens is 2. The third-order valence-corrected chi connectivity index (χ3v) is 9.90. The number of aromatic amines is 1. The van der Waals surface area contributed by atoms with Crippen LogP contribution in [0.15, 0.2) is 73.1 Å². The SMILES string of the molecule is CC(Cc1cccc(C2(C)CCC(C)(C)COc3ccn(n3)Cc3c(c(F)cc4[nH]ccc34)Oc3ccc(F)c(c3)-c3nc2nn3C)c1)C(=O)O. The highest BCUT2D eigenvalue weighted by Crippen LogP contribution is 2.41. The largest absolute Gasteiger partial charge is 0.481 e. The number of hydrogen-bond acceptors (Lipinski definition) is 6. The van der Waals surface area contributed by atoms with Gasteiger partial charge in [0, 0.05) is 48.0 Å². The van der Waals surface area contributed by atoms with Crippen molar-refractivity contribution < 1.29 is 28.2 Å². The summed E-state index contributed by atoms with van der Waals surface area (Å²) in [4.78, 5) is 19.7. The smallest absolute Gasteiger partial charge is 0.306 e. The van der Waals surface area contributed by atoms with Crippen LogP contribution in [0.1, 0.15) is 63.1 Å². The lowest BCUT2D eigenvalue weighted by Gasteiger charge is -2.32. The van der Waals surface area contributed by atoms with E-state index in [1.165, 1.54) is 24.3 Å². The quantitative estimate of drug-likeness (QED) is 0.192. The molecule has 264 valence electrons. The second kappa shape index (κ2) is 13.0. The van der Waals surface area contributed by atoms with E-state index in [2.05, 4.69) is 30.9 Å². The minimum atomic E-state index is -0.863. The standard InChI is InChI=1S/C39H40F2N6O4/c1-23(36(48)49)17-24-7-6-8-25(18-24)39(4)14-13-38(2,3)22-50-33-12-16-47(44-33)21-29-27-11-15-42-32(27)20-31(41)34(29)51-26-9-10-30(40)28(19-26)35-43-37(39)45-46(35)5/h6-12,15-16,18-20,23,42H,13-14,17,21-22H2,1-5H3,(H,48,49). The van der Waals surface area contributed by atoms with Gasteiger partial charge in [0.1, 0.15) is 11.6 Å². The van der Waals surface area contributed by atoms with Crippen LogP contribution in [0.25, 0.3) is 22.3 Å². The van der Waals surface area contributed by atoms with E-state index in [0.717, 1.165) is 16.5 Å². The van der Waals surface area contributed by atoms with Crippen molar-refractivity contribution in [3.05, 3.63) is 107 Å². The van der Waals surface area contributed by atoms with Crippen LogP contribution < -0.4 is 9.47 Å². The molecule has 0 saturated carbocycles. The van der Waals surface area contributed by atoms with Gasteiger partial charge in [0.25, 0.3) is 0 Å². The molecule has 4 heterocycles. The average molecular weight is 695 g/mol. The molecular formula is C39H40F2N6O4. The number of aliphatic carboxylic acids is 1. The number of ether oxygens (including phenoxy) is 2. The molecule has 0 aliphatic carbocycles. The summed E-state index contributed by atoms with van der Waals surface area (Å²) >= 11 is 0. The van der Waals surface area contributed by atoms with Crippen molar-refractivity contribution in [1.29, 1.82) is 0 Å². The number of carboxylic acid groups (broad SMARTS) is 1. The van der Waals surface area contributed by atoms with Crippen molar-refractivity contribution in [3.63, 3.8) is 0 Å². The second-order valence-corrected chi connectivity index (χ2v) is 14.5. The van der Waals surface area contributed by atoms with Gasteiger partial charge in [-0.1, -0.05) is 45.0 Å². The summed E-state index contributed by atoms with van der Waals surface area (Å²) in [5.41, 5.74) is 2.03. The summed E-state index contributed by atoms with van der Waals surface area (Å²) in [5, 5.41) is 19.8. The van der Waals surface area contributed by atoms with E-state index in [-0.39, 0.29) is 34.8 Å². The number of rotatable bonds is 4. The monoisotopic (exact) mass is 694 g/mol. The normalized spacial score (nSPS) is 18.1. The summed E-state index contributed by atoms with van der Waals surface area (Å²) in [6.45, 7) is 8.55. The van der Waals surface area contributed by atoms with Gasteiger partial charge in [0.05, 0.1) is 30.0 Å². The van der Waals surface area contributed by atoms with Gasteiger partial charge >= 0.3 is 5.97 Å². The molecule has 2 unspecified atom stereocenters. The molecule has 0 radical (unpaired) electrons. The summed E-state index contributed by atoms with van der Waals surface area (Å²) in [7, 11) is 1.71. The summed E-state index contributed by atoms with van der Waals surface area (Å²) in [6, 6.07) is 17.1. The number of hydrogen-bond donors (Lipinski definition) is 2. The Morgan fingerprint density at radius 2 is 1.86 bits per heavy atom. The highest BCUT2D eigenvalue weighted by molar-refractivity contribution is 5.85. The first-order valence-electron chi connectivity index (χ1n) is 17.0. The van der Waals surface area contributed by atoms with Crippen LogP contribution in [-0.2, 0) is 30.2 Å². The molecule has 6 aromatic rings. The number of carboxylic acids is 1. The number of H-pyrrole nitrogens is 1. The van der Waals surface area contributed by atoms with Crippen LogP contribution in [0, 0.1) is 23.0 Å². The molecule has 51 heavy (non-hydrogen) atoms. The Bertz CT molecular complexity index is 2260. The predicted molar refractivity (Wildman–Crippen MR) is 188 cm³/mol. The molecular weight excluding hydrogens is 654 g/mol. The van der Waals surface area contributed by atoms with Crippen molar-refractivity contribution in [2.75, 3.05) is 6.61 Å². The Morgan fingerprint density at radius 3 is 2.67 bits per heavy atom. The minimum absolute atomic E-state index is 0.00000361. The van der Waals surface area contributed by atoms with E-state index in [4.69, 9.17) is 19.6 Å². The molecule has 1 aliphatic heterocycles. The summed E-state index contributed by atoms with van der Waals surface area (Å²) in [6.07, 6.45) is 5.18. The Morgan fingerprint density at radius 1 is 1.04 bits per heavy atom. The molecule has 2 atom stereocenters. The van der Waals surface area contributed by atoms with Crippen LogP contribution in [0.5, 0.6) is 17.4 Å². The lowest BCUT2D eigenvalue weighted by atomic mass is 9.73. The zero-order chi connectivity index (χ0) is 36.1. The third-order valence-electron chi connectivity index (χ3n) is 9.90. The minimum Gasteiger partial charge on any atom is -0.481 e.